The fourth-order valence-corrected chi connectivity index (χ4v) is 3.78. The molecule has 0 aliphatic heterocycles. The average Bonchev–Trinajstić information content (AvgIpc) is 2.67. The Hall–Kier alpha value is -0.640. The van der Waals surface area contributed by atoms with Crippen LogP contribution in [-0.2, 0) is 6.54 Å². The summed E-state index contributed by atoms with van der Waals surface area (Å²) < 4.78 is 2.41. The first kappa shape index (κ1) is 34.0. The Kier molecular flexibility index (Phi) is 23.0. The van der Waals surface area contributed by atoms with Crippen molar-refractivity contribution in [1.82, 2.24) is 0 Å². The van der Waals surface area contributed by atoms with Gasteiger partial charge in [0, 0.05) is 5.56 Å². The number of hydrogen-bond acceptors (Lipinski definition) is 0. The number of benzene rings is 1. The number of rotatable bonds is 14. The van der Waals surface area contributed by atoms with Gasteiger partial charge in [-0.05, 0) is 25.7 Å². The molecule has 0 aliphatic carbocycles. The molecule has 2 nitrogen and oxygen atoms in total. The van der Waals surface area contributed by atoms with E-state index in [1.54, 1.807) is 0 Å². The van der Waals surface area contributed by atoms with E-state index in [4.69, 9.17) is 0 Å². The molecule has 180 valence electrons. The van der Waals surface area contributed by atoms with Gasteiger partial charge in [0.05, 0.1) is 47.3 Å². The molecular weight excluding hydrogens is 395 g/mol. The van der Waals surface area contributed by atoms with Crippen LogP contribution >= 0.6 is 0 Å². The standard InChI is InChI=1S/C16H36N.C10H16N.ClH.FH/c1-5-9-13-17(14-10-6-2,15-11-7-3)16-12-8-4;1-11(2,3)9-10-7-5-4-6-8-10;;/h5-16H2,1-4H3;4-8H,9H2,1-3H3;2*1H/q2*+1;;/p-2. The van der Waals surface area contributed by atoms with E-state index in [1.165, 1.54) is 87.6 Å². The Morgan fingerprint density at radius 2 is 0.933 bits per heavy atom. The largest absolute Gasteiger partial charge is 1.00 e. The fraction of sp³-hybridized carbons (Fsp3) is 0.769. The summed E-state index contributed by atoms with van der Waals surface area (Å²) in [5, 5.41) is 0. The molecule has 0 saturated carbocycles. The van der Waals surface area contributed by atoms with Crippen LogP contribution in [0.5, 0.6) is 0 Å². The van der Waals surface area contributed by atoms with Gasteiger partial charge in [0.2, 0.25) is 0 Å². The van der Waals surface area contributed by atoms with E-state index < -0.39 is 0 Å². The van der Waals surface area contributed by atoms with Crippen molar-refractivity contribution in [3.05, 3.63) is 35.9 Å². The number of nitrogens with zero attached hydrogens (tertiary/aromatic N) is 2. The lowest BCUT2D eigenvalue weighted by Gasteiger charge is -2.39. The maximum atomic E-state index is 2.33. The predicted molar refractivity (Wildman–Crippen MR) is 128 cm³/mol. The Morgan fingerprint density at radius 3 is 1.20 bits per heavy atom. The van der Waals surface area contributed by atoms with Crippen molar-refractivity contribution in [3.63, 3.8) is 0 Å². The topological polar surface area (TPSA) is 0 Å². The van der Waals surface area contributed by atoms with Crippen molar-refractivity contribution in [2.45, 2.75) is 85.6 Å². The molecule has 0 aromatic heterocycles. The molecule has 1 rings (SSSR count). The van der Waals surface area contributed by atoms with E-state index in [1.807, 2.05) is 0 Å². The van der Waals surface area contributed by atoms with Gasteiger partial charge in [0.1, 0.15) is 6.54 Å². The maximum absolute atomic E-state index is 2.33. The zero-order valence-corrected chi connectivity index (χ0v) is 22.0. The van der Waals surface area contributed by atoms with Gasteiger partial charge in [-0.15, -0.1) is 0 Å². The van der Waals surface area contributed by atoms with Gasteiger partial charge in [-0.25, -0.2) is 0 Å². The molecule has 0 atom stereocenters. The molecule has 0 bridgehead atoms. The lowest BCUT2D eigenvalue weighted by Crippen LogP contribution is -3.00. The predicted octanol–water partition coefficient (Wildman–Crippen LogP) is 0.904. The second kappa shape index (κ2) is 20.3. The Bertz CT molecular complexity index is 422. The highest BCUT2D eigenvalue weighted by Crippen LogP contribution is 2.16. The van der Waals surface area contributed by atoms with Crippen molar-refractivity contribution < 1.29 is 26.1 Å². The molecule has 0 spiro atoms. The third kappa shape index (κ3) is 18.2. The minimum absolute atomic E-state index is 0. The van der Waals surface area contributed by atoms with E-state index in [2.05, 4.69) is 79.2 Å². The van der Waals surface area contributed by atoms with Crippen molar-refractivity contribution in [1.29, 1.82) is 0 Å². The molecule has 4 heteroatoms. The van der Waals surface area contributed by atoms with Gasteiger partial charge < -0.3 is 26.1 Å². The molecule has 0 radical (unpaired) electrons. The SMILES string of the molecule is CCCC[N+](CCCC)(CCCC)CCCC.C[N+](C)(C)Cc1ccccc1.[Cl-].[F-]. The number of quaternary nitrogens is 2. The van der Waals surface area contributed by atoms with E-state index in [9.17, 15) is 0 Å². The molecular formula is C26H52ClFN2. The van der Waals surface area contributed by atoms with Crippen LogP contribution in [-0.4, -0.2) is 56.3 Å². The molecule has 1 aromatic rings. The lowest BCUT2D eigenvalue weighted by molar-refractivity contribution is -0.929. The smallest absolute Gasteiger partial charge is 0.104 e. The number of unbranched alkanes of at least 4 members (excludes halogenated alkanes) is 4. The lowest BCUT2D eigenvalue weighted by atomic mass is 10.1. The van der Waals surface area contributed by atoms with Crippen molar-refractivity contribution in [2.24, 2.45) is 0 Å². The third-order valence-corrected chi connectivity index (χ3v) is 5.44. The summed E-state index contributed by atoms with van der Waals surface area (Å²) in [6.45, 7) is 16.1. The van der Waals surface area contributed by atoms with Gasteiger partial charge in [-0.1, -0.05) is 83.7 Å². The van der Waals surface area contributed by atoms with E-state index in [0.29, 0.717) is 0 Å². The number of halogens is 2. The van der Waals surface area contributed by atoms with Crippen LogP contribution in [0.25, 0.3) is 0 Å². The van der Waals surface area contributed by atoms with Crippen molar-refractivity contribution in [2.75, 3.05) is 47.3 Å². The van der Waals surface area contributed by atoms with Gasteiger partial charge in [-0.2, -0.15) is 0 Å². The monoisotopic (exact) mass is 446 g/mol. The molecule has 0 unspecified atom stereocenters. The normalized spacial score (nSPS) is 11.0. The van der Waals surface area contributed by atoms with Crippen LogP contribution < -0.4 is 17.1 Å². The van der Waals surface area contributed by atoms with Crippen LogP contribution in [0.3, 0.4) is 0 Å². The summed E-state index contributed by atoms with van der Waals surface area (Å²) in [6, 6.07) is 10.6. The molecule has 0 amide bonds. The average molecular weight is 447 g/mol. The second-order valence-electron chi connectivity index (χ2n) is 9.58. The van der Waals surface area contributed by atoms with E-state index in [-0.39, 0.29) is 17.1 Å². The van der Waals surface area contributed by atoms with Gasteiger partial charge in [0.25, 0.3) is 0 Å². The Labute approximate surface area is 195 Å². The minimum atomic E-state index is 0. The number of hydrogen-bond donors (Lipinski definition) is 0. The molecule has 0 fully saturated rings. The van der Waals surface area contributed by atoms with Crippen molar-refractivity contribution >= 4 is 0 Å². The highest BCUT2D eigenvalue weighted by atomic mass is 35.5. The fourth-order valence-electron chi connectivity index (χ4n) is 3.78. The Morgan fingerprint density at radius 1 is 0.600 bits per heavy atom. The van der Waals surface area contributed by atoms with Crippen LogP contribution in [0.4, 0.5) is 0 Å². The van der Waals surface area contributed by atoms with Crippen molar-refractivity contribution in [3.8, 4) is 0 Å². The Balaban J connectivity index is -0.000000489. The molecule has 0 saturated heterocycles. The molecule has 1 aromatic carbocycles. The van der Waals surface area contributed by atoms with Crippen LogP contribution in [0.1, 0.15) is 84.6 Å². The van der Waals surface area contributed by atoms with Gasteiger partial charge >= 0.3 is 0 Å². The summed E-state index contributed by atoms with van der Waals surface area (Å²) in [5.41, 5.74) is 1.40. The summed E-state index contributed by atoms with van der Waals surface area (Å²) in [5.74, 6) is 0. The van der Waals surface area contributed by atoms with Gasteiger partial charge in [-0.3, -0.25) is 0 Å². The van der Waals surface area contributed by atoms with Crippen LogP contribution in [0.2, 0.25) is 0 Å². The van der Waals surface area contributed by atoms with E-state index >= 15 is 0 Å². The highest BCUT2D eigenvalue weighted by Gasteiger charge is 2.24. The zero-order chi connectivity index (χ0) is 21.3. The third-order valence-electron chi connectivity index (χ3n) is 5.44. The first-order valence-electron chi connectivity index (χ1n) is 12.0. The summed E-state index contributed by atoms with van der Waals surface area (Å²) in [4.78, 5) is 0. The quantitative estimate of drug-likeness (QED) is 0.372. The van der Waals surface area contributed by atoms with E-state index in [0.717, 1.165) is 11.0 Å². The molecule has 0 heterocycles. The van der Waals surface area contributed by atoms with Gasteiger partial charge in [0.15, 0.2) is 0 Å². The summed E-state index contributed by atoms with van der Waals surface area (Å²) in [7, 11) is 6.60. The summed E-state index contributed by atoms with van der Waals surface area (Å²) in [6.07, 6.45) is 11.1. The zero-order valence-electron chi connectivity index (χ0n) is 21.2. The highest BCUT2D eigenvalue weighted by molar-refractivity contribution is 5.13. The first-order chi connectivity index (χ1) is 13.3. The van der Waals surface area contributed by atoms with Crippen LogP contribution in [0.15, 0.2) is 30.3 Å². The first-order valence-corrected chi connectivity index (χ1v) is 12.0. The molecule has 0 aliphatic rings. The second-order valence-corrected chi connectivity index (χ2v) is 9.58. The summed E-state index contributed by atoms with van der Waals surface area (Å²) >= 11 is 0. The van der Waals surface area contributed by atoms with Crippen LogP contribution in [0, 0.1) is 0 Å². The molecule has 30 heavy (non-hydrogen) atoms. The molecule has 0 N–H and O–H groups in total. The maximum Gasteiger partial charge on any atom is 0.104 e. The minimum Gasteiger partial charge on any atom is -1.00 e.